The van der Waals surface area contributed by atoms with E-state index in [-0.39, 0.29) is 18.2 Å². The van der Waals surface area contributed by atoms with Crippen LogP contribution in [0.15, 0.2) is 24.3 Å². The third kappa shape index (κ3) is 4.35. The van der Waals surface area contributed by atoms with E-state index in [0.29, 0.717) is 0 Å². The molecule has 1 saturated carbocycles. The van der Waals surface area contributed by atoms with Crippen molar-refractivity contribution < 1.29 is 14.6 Å². The van der Waals surface area contributed by atoms with Crippen molar-refractivity contribution in [3.8, 4) is 11.5 Å². The average molecular weight is 293 g/mol. The summed E-state index contributed by atoms with van der Waals surface area (Å²) in [5.41, 5.74) is -0.175. The fourth-order valence-electron chi connectivity index (χ4n) is 3.01. The van der Waals surface area contributed by atoms with Gasteiger partial charge < -0.3 is 19.9 Å². The number of aliphatic hydroxyl groups is 1. The van der Waals surface area contributed by atoms with Crippen LogP contribution in [0.25, 0.3) is 0 Å². The first-order valence-corrected chi connectivity index (χ1v) is 7.88. The SMILES string of the molecule is CCCNC1(CO)CCCC(Oc2ccc(OC)cc2)C1. The molecule has 0 aromatic heterocycles. The molecule has 0 bridgehead atoms. The molecule has 0 radical (unpaired) electrons. The Kier molecular flexibility index (Phi) is 5.88. The lowest BCUT2D eigenvalue weighted by Crippen LogP contribution is -2.53. The van der Waals surface area contributed by atoms with Crippen molar-refractivity contribution in [3.05, 3.63) is 24.3 Å². The molecule has 0 spiro atoms. The van der Waals surface area contributed by atoms with E-state index in [4.69, 9.17) is 9.47 Å². The van der Waals surface area contributed by atoms with Crippen molar-refractivity contribution >= 4 is 0 Å². The van der Waals surface area contributed by atoms with Crippen LogP contribution in [-0.2, 0) is 0 Å². The molecule has 118 valence electrons. The highest BCUT2D eigenvalue weighted by atomic mass is 16.5. The second-order valence-corrected chi connectivity index (χ2v) is 5.88. The fourth-order valence-corrected chi connectivity index (χ4v) is 3.01. The van der Waals surface area contributed by atoms with Crippen LogP contribution in [0, 0.1) is 0 Å². The number of methoxy groups -OCH3 is 1. The lowest BCUT2D eigenvalue weighted by atomic mass is 9.80. The summed E-state index contributed by atoms with van der Waals surface area (Å²) in [7, 11) is 1.66. The molecule has 1 aliphatic rings. The Labute approximate surface area is 127 Å². The number of nitrogens with one attached hydrogen (secondary N) is 1. The molecule has 1 aliphatic carbocycles. The summed E-state index contributed by atoms with van der Waals surface area (Å²) in [4.78, 5) is 0. The molecule has 0 heterocycles. The first-order valence-electron chi connectivity index (χ1n) is 7.88. The molecule has 2 rings (SSSR count). The highest BCUT2D eigenvalue weighted by molar-refractivity contribution is 5.31. The summed E-state index contributed by atoms with van der Waals surface area (Å²) >= 11 is 0. The van der Waals surface area contributed by atoms with E-state index in [1.165, 1.54) is 0 Å². The third-order valence-corrected chi connectivity index (χ3v) is 4.21. The molecule has 21 heavy (non-hydrogen) atoms. The van der Waals surface area contributed by atoms with Gasteiger partial charge in [0.25, 0.3) is 0 Å². The summed E-state index contributed by atoms with van der Waals surface area (Å²) in [6.45, 7) is 3.26. The molecule has 4 nitrogen and oxygen atoms in total. The minimum Gasteiger partial charge on any atom is -0.497 e. The maximum absolute atomic E-state index is 9.79. The zero-order valence-corrected chi connectivity index (χ0v) is 13.1. The standard InChI is InChI=1S/C17H27NO3/c1-3-11-18-17(13-19)10-4-5-16(12-17)21-15-8-6-14(20-2)7-9-15/h6-9,16,18-19H,3-5,10-13H2,1-2H3. The van der Waals surface area contributed by atoms with Gasteiger partial charge in [-0.25, -0.2) is 0 Å². The van der Waals surface area contributed by atoms with E-state index < -0.39 is 0 Å². The number of benzene rings is 1. The van der Waals surface area contributed by atoms with E-state index in [1.807, 2.05) is 24.3 Å². The lowest BCUT2D eigenvalue weighted by molar-refractivity contribution is 0.0511. The highest BCUT2D eigenvalue weighted by Crippen LogP contribution is 2.31. The Bertz CT molecular complexity index is 421. The van der Waals surface area contributed by atoms with Gasteiger partial charge in [-0.05, 0) is 56.5 Å². The van der Waals surface area contributed by atoms with Gasteiger partial charge in [0.2, 0.25) is 0 Å². The van der Waals surface area contributed by atoms with Crippen molar-refractivity contribution in [2.24, 2.45) is 0 Å². The smallest absolute Gasteiger partial charge is 0.119 e. The van der Waals surface area contributed by atoms with Gasteiger partial charge in [-0.2, -0.15) is 0 Å². The predicted molar refractivity (Wildman–Crippen MR) is 84.0 cm³/mol. The Balaban J connectivity index is 1.96. The summed E-state index contributed by atoms with van der Waals surface area (Å²) in [5, 5.41) is 13.3. The molecule has 0 amide bonds. The third-order valence-electron chi connectivity index (χ3n) is 4.21. The maximum Gasteiger partial charge on any atom is 0.119 e. The number of aliphatic hydroxyl groups excluding tert-OH is 1. The average Bonchev–Trinajstić information content (AvgIpc) is 2.54. The maximum atomic E-state index is 9.79. The van der Waals surface area contributed by atoms with Crippen molar-refractivity contribution in [2.75, 3.05) is 20.3 Å². The van der Waals surface area contributed by atoms with Crippen LogP contribution in [-0.4, -0.2) is 37.0 Å². The molecule has 0 saturated heterocycles. The van der Waals surface area contributed by atoms with Gasteiger partial charge in [0.15, 0.2) is 0 Å². The molecule has 2 unspecified atom stereocenters. The van der Waals surface area contributed by atoms with Crippen LogP contribution in [0.2, 0.25) is 0 Å². The monoisotopic (exact) mass is 293 g/mol. The van der Waals surface area contributed by atoms with E-state index in [1.54, 1.807) is 7.11 Å². The molecule has 2 N–H and O–H groups in total. The molecule has 1 aromatic carbocycles. The van der Waals surface area contributed by atoms with E-state index in [0.717, 1.165) is 50.1 Å². The zero-order chi connectivity index (χ0) is 15.1. The molecule has 1 aromatic rings. The number of rotatable bonds is 7. The van der Waals surface area contributed by atoms with E-state index in [9.17, 15) is 5.11 Å². The first kappa shape index (κ1) is 16.1. The lowest BCUT2D eigenvalue weighted by Gasteiger charge is -2.40. The molecule has 2 atom stereocenters. The summed E-state index contributed by atoms with van der Waals surface area (Å²) in [6, 6.07) is 7.70. The minimum atomic E-state index is -0.175. The molecular formula is C17H27NO3. The van der Waals surface area contributed by atoms with Gasteiger partial charge in [-0.1, -0.05) is 6.92 Å². The zero-order valence-electron chi connectivity index (χ0n) is 13.1. The van der Waals surface area contributed by atoms with Crippen LogP contribution in [0.1, 0.15) is 39.0 Å². The van der Waals surface area contributed by atoms with Crippen LogP contribution in [0.3, 0.4) is 0 Å². The number of hydrogen-bond acceptors (Lipinski definition) is 4. The summed E-state index contributed by atoms with van der Waals surface area (Å²) in [5.74, 6) is 1.70. The molecular weight excluding hydrogens is 266 g/mol. The van der Waals surface area contributed by atoms with Gasteiger partial charge in [0.05, 0.1) is 13.7 Å². The summed E-state index contributed by atoms with van der Waals surface area (Å²) < 4.78 is 11.2. The van der Waals surface area contributed by atoms with Gasteiger partial charge in [-0.3, -0.25) is 0 Å². The molecule has 0 aliphatic heterocycles. The second-order valence-electron chi connectivity index (χ2n) is 5.88. The second kappa shape index (κ2) is 7.66. The highest BCUT2D eigenvalue weighted by Gasteiger charge is 2.36. The van der Waals surface area contributed by atoms with Crippen molar-refractivity contribution in [3.63, 3.8) is 0 Å². The fraction of sp³-hybridized carbons (Fsp3) is 0.647. The van der Waals surface area contributed by atoms with Crippen LogP contribution >= 0.6 is 0 Å². The first-order chi connectivity index (χ1) is 10.2. The van der Waals surface area contributed by atoms with Gasteiger partial charge in [0.1, 0.15) is 17.6 Å². The summed E-state index contributed by atoms with van der Waals surface area (Å²) in [6.07, 6.45) is 5.23. The molecule has 1 fully saturated rings. The molecule has 4 heteroatoms. The normalized spacial score (nSPS) is 25.6. The van der Waals surface area contributed by atoms with Crippen LogP contribution < -0.4 is 14.8 Å². The van der Waals surface area contributed by atoms with Crippen molar-refractivity contribution in [1.29, 1.82) is 0 Å². The van der Waals surface area contributed by atoms with Crippen LogP contribution in [0.4, 0.5) is 0 Å². The van der Waals surface area contributed by atoms with Crippen molar-refractivity contribution in [1.82, 2.24) is 5.32 Å². The topological polar surface area (TPSA) is 50.7 Å². The van der Waals surface area contributed by atoms with Crippen molar-refractivity contribution in [2.45, 2.75) is 50.7 Å². The number of hydrogen-bond donors (Lipinski definition) is 2. The number of ether oxygens (including phenoxy) is 2. The van der Waals surface area contributed by atoms with Gasteiger partial charge in [-0.15, -0.1) is 0 Å². The van der Waals surface area contributed by atoms with Gasteiger partial charge in [0, 0.05) is 12.0 Å². The Morgan fingerprint density at radius 2 is 2.00 bits per heavy atom. The minimum absolute atomic E-state index is 0.156. The Morgan fingerprint density at radius 1 is 1.29 bits per heavy atom. The Hall–Kier alpha value is -1.26. The van der Waals surface area contributed by atoms with E-state index >= 15 is 0 Å². The van der Waals surface area contributed by atoms with Crippen LogP contribution in [0.5, 0.6) is 11.5 Å². The quantitative estimate of drug-likeness (QED) is 0.811. The Morgan fingerprint density at radius 3 is 2.62 bits per heavy atom. The van der Waals surface area contributed by atoms with E-state index in [2.05, 4.69) is 12.2 Å². The largest absolute Gasteiger partial charge is 0.497 e. The van der Waals surface area contributed by atoms with Gasteiger partial charge >= 0.3 is 0 Å². The predicted octanol–water partition coefficient (Wildman–Crippen LogP) is 2.75.